The van der Waals surface area contributed by atoms with Crippen molar-refractivity contribution in [3.05, 3.63) is 12.7 Å². The first-order valence-electron chi connectivity index (χ1n) is 6.01. The molecule has 1 fully saturated rings. The molecule has 1 aliphatic rings. The van der Waals surface area contributed by atoms with E-state index in [1.807, 2.05) is 26.8 Å². The van der Waals surface area contributed by atoms with Gasteiger partial charge < -0.3 is 14.8 Å². The molecule has 1 rings (SSSR count). The summed E-state index contributed by atoms with van der Waals surface area (Å²) >= 11 is 0. The predicted octanol–water partition coefficient (Wildman–Crippen LogP) is 2.26. The number of amides is 1. The summed E-state index contributed by atoms with van der Waals surface area (Å²) < 4.78 is 9.25. The largest absolute Gasteiger partial charge is 0.468 e. The number of ether oxygens (including phenoxy) is 2. The van der Waals surface area contributed by atoms with Crippen molar-refractivity contribution in [3.8, 4) is 0 Å². The lowest BCUT2D eigenvalue weighted by Crippen LogP contribution is -2.34. The van der Waals surface area contributed by atoms with Crippen LogP contribution in [0.3, 0.4) is 0 Å². The monoisotopic (exact) mass is 257 g/mol. The Morgan fingerprint density at radius 3 is 2.39 bits per heavy atom. The first-order chi connectivity index (χ1) is 8.34. The van der Waals surface area contributed by atoms with E-state index in [0.29, 0.717) is 19.0 Å². The molecule has 0 heterocycles. The molecule has 1 amide bonds. The fourth-order valence-electron chi connectivity index (χ4n) is 1.17. The Hall–Kier alpha value is -1.52. The van der Waals surface area contributed by atoms with Crippen LogP contribution in [0.1, 0.15) is 34.1 Å². The van der Waals surface area contributed by atoms with Crippen molar-refractivity contribution in [1.29, 1.82) is 0 Å². The molecule has 0 aromatic heterocycles. The van der Waals surface area contributed by atoms with Crippen LogP contribution in [0.25, 0.3) is 0 Å². The third-order valence-electron chi connectivity index (χ3n) is 2.08. The lowest BCUT2D eigenvalue weighted by atomic mass is 10.2. The van der Waals surface area contributed by atoms with E-state index in [0.717, 1.165) is 6.42 Å². The molecule has 1 saturated carbocycles. The Morgan fingerprint density at radius 2 is 2.11 bits per heavy atom. The summed E-state index contributed by atoms with van der Waals surface area (Å²) in [5.41, 5.74) is -0.414. The molecule has 1 aliphatic carbocycles. The van der Waals surface area contributed by atoms with Gasteiger partial charge in [-0.2, -0.15) is 0 Å². The van der Waals surface area contributed by atoms with Gasteiger partial charge in [-0.25, -0.2) is 4.79 Å². The first kappa shape index (κ1) is 16.5. The molecule has 2 atom stereocenters. The molecular formula is C13H23NO4. The summed E-state index contributed by atoms with van der Waals surface area (Å²) in [6.45, 7) is 11.9. The molecule has 0 spiro atoms. The third kappa shape index (κ3) is 8.61. The van der Waals surface area contributed by atoms with E-state index in [9.17, 15) is 9.59 Å². The molecule has 1 N–H and O–H groups in total. The third-order valence-corrected chi connectivity index (χ3v) is 2.08. The molecule has 0 aliphatic heterocycles. The van der Waals surface area contributed by atoms with Crippen LogP contribution in [-0.4, -0.2) is 30.8 Å². The number of hydrogen-bond acceptors (Lipinski definition) is 4. The summed E-state index contributed by atoms with van der Waals surface area (Å²) in [5.74, 6) is 0.438. The molecule has 0 radical (unpaired) electrons. The number of rotatable bonds is 4. The number of carbonyl (C=O) groups excluding carboxylic acids is 2. The van der Waals surface area contributed by atoms with Gasteiger partial charge in [-0.1, -0.05) is 6.08 Å². The van der Waals surface area contributed by atoms with E-state index >= 15 is 0 Å². The Kier molecular flexibility index (Phi) is 7.08. The van der Waals surface area contributed by atoms with Gasteiger partial charge in [0.2, 0.25) is 0 Å². The average Bonchev–Trinajstić information content (AvgIpc) is 2.95. The first-order valence-corrected chi connectivity index (χ1v) is 6.01. The quantitative estimate of drug-likeness (QED) is 0.620. The SMILES string of the molecule is C=C[C@@H]1CC1NC(=O)OC(C)(C)C.CCOC=O. The molecule has 5 nitrogen and oxygen atoms in total. The number of hydrogen-bond donors (Lipinski definition) is 1. The second-order valence-electron chi connectivity index (χ2n) is 4.94. The van der Waals surface area contributed by atoms with Crippen LogP contribution < -0.4 is 5.32 Å². The Bertz CT molecular complexity index is 283. The minimum atomic E-state index is -0.414. The van der Waals surface area contributed by atoms with E-state index in [2.05, 4.69) is 16.6 Å². The number of carbonyl (C=O) groups is 2. The van der Waals surface area contributed by atoms with Crippen molar-refractivity contribution in [2.75, 3.05) is 6.61 Å². The zero-order chi connectivity index (χ0) is 14.2. The maximum absolute atomic E-state index is 11.2. The van der Waals surface area contributed by atoms with Crippen LogP contribution in [0, 0.1) is 5.92 Å². The average molecular weight is 257 g/mol. The minimum Gasteiger partial charge on any atom is -0.468 e. The van der Waals surface area contributed by atoms with Crippen molar-refractivity contribution in [2.45, 2.75) is 45.8 Å². The maximum atomic E-state index is 11.2. The fraction of sp³-hybridized carbons (Fsp3) is 0.692. The molecule has 0 saturated heterocycles. The van der Waals surface area contributed by atoms with Crippen molar-refractivity contribution in [1.82, 2.24) is 5.32 Å². The van der Waals surface area contributed by atoms with Gasteiger partial charge in [0.1, 0.15) is 5.60 Å². The van der Waals surface area contributed by atoms with Crippen LogP contribution in [0.2, 0.25) is 0 Å². The van der Waals surface area contributed by atoms with Crippen LogP contribution in [-0.2, 0) is 14.3 Å². The van der Waals surface area contributed by atoms with Crippen LogP contribution in [0.15, 0.2) is 12.7 Å². The van der Waals surface area contributed by atoms with Crippen LogP contribution in [0.4, 0.5) is 4.79 Å². The van der Waals surface area contributed by atoms with E-state index < -0.39 is 5.60 Å². The van der Waals surface area contributed by atoms with Crippen LogP contribution in [0.5, 0.6) is 0 Å². The van der Waals surface area contributed by atoms with Crippen molar-refractivity contribution in [2.24, 2.45) is 5.92 Å². The Balaban J connectivity index is 0.000000494. The minimum absolute atomic E-state index is 0.243. The zero-order valence-corrected chi connectivity index (χ0v) is 11.6. The smallest absolute Gasteiger partial charge is 0.407 e. The Morgan fingerprint density at radius 1 is 1.50 bits per heavy atom. The fourth-order valence-corrected chi connectivity index (χ4v) is 1.17. The highest BCUT2D eigenvalue weighted by Gasteiger charge is 2.36. The topological polar surface area (TPSA) is 64.6 Å². The molecule has 5 heteroatoms. The lowest BCUT2D eigenvalue weighted by Gasteiger charge is -2.19. The standard InChI is InChI=1S/C10H17NO2.C3H6O2/c1-5-7-6-8(7)11-9(12)13-10(2,3)4;1-2-5-3-4/h5,7-8H,1,6H2,2-4H3,(H,11,12);3H,2H2,1H3/t7-,8?;/m1./s1. The molecule has 0 aromatic rings. The molecule has 18 heavy (non-hydrogen) atoms. The van der Waals surface area contributed by atoms with E-state index in [-0.39, 0.29) is 12.1 Å². The molecule has 0 bridgehead atoms. The summed E-state index contributed by atoms with van der Waals surface area (Å²) in [6.07, 6.45) is 2.52. The Labute approximate surface area is 109 Å². The van der Waals surface area contributed by atoms with E-state index in [4.69, 9.17) is 4.74 Å². The molecular weight excluding hydrogens is 234 g/mol. The van der Waals surface area contributed by atoms with Gasteiger partial charge in [0.15, 0.2) is 0 Å². The highest BCUT2D eigenvalue weighted by Crippen LogP contribution is 2.31. The van der Waals surface area contributed by atoms with E-state index in [1.54, 1.807) is 6.92 Å². The highest BCUT2D eigenvalue weighted by atomic mass is 16.6. The van der Waals surface area contributed by atoms with Gasteiger partial charge in [-0.3, -0.25) is 4.79 Å². The maximum Gasteiger partial charge on any atom is 0.407 e. The summed E-state index contributed by atoms with van der Waals surface area (Å²) in [5, 5.41) is 2.78. The van der Waals surface area contributed by atoms with Crippen molar-refractivity contribution < 1.29 is 19.1 Å². The number of nitrogens with one attached hydrogen (secondary N) is 1. The summed E-state index contributed by atoms with van der Waals surface area (Å²) in [4.78, 5) is 20.4. The van der Waals surface area contributed by atoms with Gasteiger partial charge in [0.25, 0.3) is 6.47 Å². The second-order valence-corrected chi connectivity index (χ2v) is 4.94. The van der Waals surface area contributed by atoms with Gasteiger partial charge in [0.05, 0.1) is 6.61 Å². The van der Waals surface area contributed by atoms with Gasteiger partial charge in [-0.05, 0) is 40.0 Å². The van der Waals surface area contributed by atoms with Gasteiger partial charge in [-0.15, -0.1) is 6.58 Å². The van der Waals surface area contributed by atoms with Gasteiger partial charge in [0, 0.05) is 6.04 Å². The molecule has 1 unspecified atom stereocenters. The molecule has 104 valence electrons. The predicted molar refractivity (Wildman–Crippen MR) is 69.2 cm³/mol. The molecule has 0 aromatic carbocycles. The normalized spacial score (nSPS) is 20.9. The highest BCUT2D eigenvalue weighted by molar-refractivity contribution is 5.68. The van der Waals surface area contributed by atoms with Gasteiger partial charge >= 0.3 is 6.09 Å². The lowest BCUT2D eigenvalue weighted by molar-refractivity contribution is -0.128. The summed E-state index contributed by atoms with van der Waals surface area (Å²) in [6, 6.07) is 0.243. The summed E-state index contributed by atoms with van der Waals surface area (Å²) in [7, 11) is 0. The number of alkyl carbamates (subject to hydrolysis) is 1. The zero-order valence-electron chi connectivity index (χ0n) is 11.6. The second kappa shape index (κ2) is 7.74. The van der Waals surface area contributed by atoms with E-state index in [1.165, 1.54) is 0 Å². The van der Waals surface area contributed by atoms with Crippen molar-refractivity contribution >= 4 is 12.6 Å². The van der Waals surface area contributed by atoms with Crippen LogP contribution >= 0.6 is 0 Å². The van der Waals surface area contributed by atoms with Crippen molar-refractivity contribution in [3.63, 3.8) is 0 Å².